The SMILES string of the molecule is CC1=C(C(=O)O)C(c2cccc([N+](=O)[O-])c2)c2c(CCN3CCN(c4ccccc4)CC3)nsc2N1. The third kappa shape index (κ3) is 4.69. The van der Waals surface area contributed by atoms with E-state index in [4.69, 9.17) is 4.37 Å². The van der Waals surface area contributed by atoms with Crippen molar-refractivity contribution < 1.29 is 14.8 Å². The average Bonchev–Trinajstić information content (AvgIpc) is 3.29. The van der Waals surface area contributed by atoms with Crippen LogP contribution in [0, 0.1) is 10.1 Å². The first-order valence-corrected chi connectivity index (χ1v) is 12.7. The van der Waals surface area contributed by atoms with Crippen molar-refractivity contribution in [3.63, 3.8) is 0 Å². The number of nitro groups is 1. The van der Waals surface area contributed by atoms with E-state index in [1.165, 1.54) is 29.4 Å². The van der Waals surface area contributed by atoms with Crippen molar-refractivity contribution in [2.75, 3.05) is 42.9 Å². The molecule has 1 unspecified atom stereocenters. The molecule has 3 heterocycles. The Morgan fingerprint density at radius 1 is 1.17 bits per heavy atom. The van der Waals surface area contributed by atoms with Crippen LogP contribution in [0.5, 0.6) is 0 Å². The lowest BCUT2D eigenvalue weighted by Gasteiger charge is -2.36. The molecule has 1 aromatic heterocycles. The number of nitrogens with one attached hydrogen (secondary N) is 1. The van der Waals surface area contributed by atoms with E-state index >= 15 is 0 Å². The topological polar surface area (TPSA) is 112 Å². The van der Waals surface area contributed by atoms with E-state index in [2.05, 4.69) is 39.4 Å². The maximum Gasteiger partial charge on any atom is 0.334 e. The Hall–Kier alpha value is -3.76. The Bertz CT molecular complexity index is 1310. The number of allylic oxidation sites excluding steroid dienone is 1. The second-order valence-electron chi connectivity index (χ2n) is 9.04. The number of aliphatic carboxylic acids is 1. The van der Waals surface area contributed by atoms with E-state index in [1.807, 2.05) is 6.07 Å². The van der Waals surface area contributed by atoms with E-state index in [1.54, 1.807) is 19.1 Å². The highest BCUT2D eigenvalue weighted by Gasteiger charge is 2.36. The first kappa shape index (κ1) is 24.0. The fourth-order valence-electron chi connectivity index (χ4n) is 5.06. The van der Waals surface area contributed by atoms with Gasteiger partial charge in [-0.25, -0.2) is 4.79 Å². The Morgan fingerprint density at radius 2 is 1.92 bits per heavy atom. The van der Waals surface area contributed by atoms with Crippen LogP contribution in [-0.2, 0) is 11.2 Å². The molecule has 5 rings (SSSR count). The van der Waals surface area contributed by atoms with E-state index in [0.717, 1.165) is 49.0 Å². The molecule has 1 atom stereocenters. The molecule has 0 spiro atoms. The minimum Gasteiger partial charge on any atom is -0.478 e. The molecule has 1 fully saturated rings. The summed E-state index contributed by atoms with van der Waals surface area (Å²) in [7, 11) is 0. The number of para-hydroxylation sites is 1. The number of rotatable bonds is 7. The van der Waals surface area contributed by atoms with Gasteiger partial charge in [-0.15, -0.1) is 0 Å². The highest BCUT2D eigenvalue weighted by Crippen LogP contribution is 2.46. The Balaban J connectivity index is 1.37. The van der Waals surface area contributed by atoms with Gasteiger partial charge in [-0.3, -0.25) is 15.0 Å². The number of nitro benzene ring substituents is 1. The van der Waals surface area contributed by atoms with Gasteiger partial charge in [-0.2, -0.15) is 4.37 Å². The predicted octanol–water partition coefficient (Wildman–Crippen LogP) is 4.33. The number of non-ortho nitro benzene ring substituents is 1. The molecule has 36 heavy (non-hydrogen) atoms. The van der Waals surface area contributed by atoms with E-state index in [9.17, 15) is 20.0 Å². The van der Waals surface area contributed by atoms with Crippen LogP contribution in [0.1, 0.15) is 29.7 Å². The number of hydrogen-bond acceptors (Lipinski definition) is 8. The summed E-state index contributed by atoms with van der Waals surface area (Å²) in [6.07, 6.45) is 0.677. The van der Waals surface area contributed by atoms with Gasteiger partial charge in [-0.1, -0.05) is 30.3 Å². The van der Waals surface area contributed by atoms with Crippen LogP contribution < -0.4 is 10.2 Å². The maximum absolute atomic E-state index is 12.3. The van der Waals surface area contributed by atoms with Crippen molar-refractivity contribution in [2.24, 2.45) is 0 Å². The predicted molar refractivity (Wildman–Crippen MR) is 140 cm³/mol. The molecular weight excluding hydrogens is 478 g/mol. The Morgan fingerprint density at radius 3 is 2.61 bits per heavy atom. The van der Waals surface area contributed by atoms with Gasteiger partial charge in [0, 0.05) is 74.1 Å². The molecule has 9 nitrogen and oxygen atoms in total. The molecule has 10 heteroatoms. The van der Waals surface area contributed by atoms with Crippen LogP contribution in [-0.4, -0.2) is 58.0 Å². The normalized spacial score (nSPS) is 18.0. The second-order valence-corrected chi connectivity index (χ2v) is 9.81. The quantitative estimate of drug-likeness (QED) is 0.360. The molecule has 186 valence electrons. The van der Waals surface area contributed by atoms with Crippen molar-refractivity contribution in [3.8, 4) is 0 Å². The zero-order valence-electron chi connectivity index (χ0n) is 19.9. The fourth-order valence-corrected chi connectivity index (χ4v) is 5.99. The summed E-state index contributed by atoms with van der Waals surface area (Å²) in [4.78, 5) is 28.1. The maximum atomic E-state index is 12.3. The zero-order valence-corrected chi connectivity index (χ0v) is 20.7. The average molecular weight is 506 g/mol. The van der Waals surface area contributed by atoms with Crippen LogP contribution in [0.3, 0.4) is 0 Å². The molecule has 0 saturated carbocycles. The number of nitrogens with zero attached hydrogens (tertiary/aromatic N) is 4. The summed E-state index contributed by atoms with van der Waals surface area (Å²) in [5.74, 6) is -1.67. The summed E-state index contributed by atoms with van der Waals surface area (Å²) >= 11 is 1.31. The number of carboxylic acids is 1. The smallest absolute Gasteiger partial charge is 0.334 e. The number of fused-ring (bicyclic) bond motifs is 1. The summed E-state index contributed by atoms with van der Waals surface area (Å²) in [5, 5.41) is 25.5. The van der Waals surface area contributed by atoms with Crippen LogP contribution in [0.15, 0.2) is 65.9 Å². The number of piperazine rings is 1. The van der Waals surface area contributed by atoms with Gasteiger partial charge in [0.15, 0.2) is 0 Å². The lowest BCUT2D eigenvalue weighted by atomic mass is 9.81. The lowest BCUT2D eigenvalue weighted by Crippen LogP contribution is -2.47. The van der Waals surface area contributed by atoms with Gasteiger partial charge in [-0.05, 0) is 36.2 Å². The van der Waals surface area contributed by atoms with Gasteiger partial charge in [0.1, 0.15) is 5.00 Å². The van der Waals surface area contributed by atoms with Crippen molar-refractivity contribution in [2.45, 2.75) is 19.3 Å². The third-order valence-corrected chi connectivity index (χ3v) is 7.70. The molecule has 0 bridgehead atoms. The third-order valence-electron chi connectivity index (χ3n) is 6.89. The minimum atomic E-state index is -1.05. The molecule has 0 radical (unpaired) electrons. The van der Waals surface area contributed by atoms with Gasteiger partial charge < -0.3 is 15.3 Å². The van der Waals surface area contributed by atoms with Crippen LogP contribution >= 0.6 is 11.5 Å². The number of aromatic nitrogens is 1. The number of carboxylic acid groups (broad SMARTS) is 1. The fraction of sp³-hybridized carbons (Fsp3) is 0.308. The van der Waals surface area contributed by atoms with E-state index in [-0.39, 0.29) is 11.3 Å². The van der Waals surface area contributed by atoms with E-state index in [0.29, 0.717) is 17.7 Å². The number of benzene rings is 2. The van der Waals surface area contributed by atoms with Gasteiger partial charge >= 0.3 is 5.97 Å². The van der Waals surface area contributed by atoms with Gasteiger partial charge in [0.05, 0.1) is 16.2 Å². The van der Waals surface area contributed by atoms with Crippen molar-refractivity contribution in [3.05, 3.63) is 92.8 Å². The Kier molecular flexibility index (Phi) is 6.71. The summed E-state index contributed by atoms with van der Waals surface area (Å²) in [6, 6.07) is 16.7. The lowest BCUT2D eigenvalue weighted by molar-refractivity contribution is -0.384. The van der Waals surface area contributed by atoms with Crippen molar-refractivity contribution >= 4 is 33.9 Å². The molecule has 2 N–H and O–H groups in total. The Labute approximate surface area is 213 Å². The largest absolute Gasteiger partial charge is 0.478 e. The molecule has 2 aliphatic heterocycles. The zero-order chi connectivity index (χ0) is 25.2. The second kappa shape index (κ2) is 10.1. The van der Waals surface area contributed by atoms with Gasteiger partial charge in [0.2, 0.25) is 0 Å². The molecule has 0 aliphatic carbocycles. The highest BCUT2D eigenvalue weighted by molar-refractivity contribution is 7.10. The first-order chi connectivity index (χ1) is 17.4. The molecular formula is C26H27N5O4S. The molecule has 3 aromatic rings. The minimum absolute atomic E-state index is 0.0593. The van der Waals surface area contributed by atoms with Gasteiger partial charge in [0.25, 0.3) is 5.69 Å². The van der Waals surface area contributed by atoms with Crippen molar-refractivity contribution in [1.82, 2.24) is 9.27 Å². The summed E-state index contributed by atoms with van der Waals surface area (Å²) in [6.45, 7) is 6.30. The van der Waals surface area contributed by atoms with Crippen LogP contribution in [0.4, 0.5) is 16.4 Å². The molecule has 2 aliphatic rings. The first-order valence-electron chi connectivity index (χ1n) is 11.9. The van der Waals surface area contributed by atoms with E-state index < -0.39 is 16.8 Å². The van der Waals surface area contributed by atoms with Crippen LogP contribution in [0.2, 0.25) is 0 Å². The molecule has 2 aromatic carbocycles. The molecule has 0 amide bonds. The molecule has 1 saturated heterocycles. The number of hydrogen-bond donors (Lipinski definition) is 2. The number of anilines is 2. The summed E-state index contributed by atoms with van der Waals surface area (Å²) < 4.78 is 4.69. The van der Waals surface area contributed by atoms with Crippen molar-refractivity contribution in [1.29, 1.82) is 0 Å². The highest BCUT2D eigenvalue weighted by atomic mass is 32.1. The number of carbonyl (C=O) groups is 1. The monoisotopic (exact) mass is 505 g/mol. The summed E-state index contributed by atoms with van der Waals surface area (Å²) in [5.41, 5.74) is 4.14. The standard InChI is InChI=1S/C26H27N5O4S/c1-17-22(26(32)33)23(18-6-5-9-20(16-18)31(34)35)24-21(28-36-25(24)27-17)10-11-29-12-14-30(15-13-29)19-7-3-2-4-8-19/h2-9,16,23,27H,10-15H2,1H3,(H,32,33). The van der Waals surface area contributed by atoms with Crippen LogP contribution in [0.25, 0.3) is 0 Å².